The molecule has 66 heavy (non-hydrogen) atoms. The maximum atomic E-state index is 6.49. The SMILES string of the molecule is c1ccc(-c2c3cccc(-c4cc5ccccc5cc4-c4cccc5oc6ccccc6c45)c3cc3c(-c4cc5ccccc5cc4-c4cccc5oc6ccccc6c45)cccc23)cc1. The zero-order valence-electron chi connectivity index (χ0n) is 35.8. The summed E-state index contributed by atoms with van der Waals surface area (Å²) in [5.41, 5.74) is 15.3. The van der Waals surface area contributed by atoms with Crippen molar-refractivity contribution in [2.75, 3.05) is 0 Å². The minimum atomic E-state index is 0.887. The molecule has 0 aliphatic heterocycles. The Bertz CT molecular complexity index is 4030. The number of hydrogen-bond donors (Lipinski definition) is 0. The van der Waals surface area contributed by atoms with Crippen LogP contribution in [0.15, 0.2) is 239 Å². The summed E-state index contributed by atoms with van der Waals surface area (Å²) in [6.07, 6.45) is 0. The zero-order valence-corrected chi connectivity index (χ0v) is 35.8. The quantitative estimate of drug-likeness (QED) is 0.161. The van der Waals surface area contributed by atoms with Crippen LogP contribution in [0.5, 0.6) is 0 Å². The summed E-state index contributed by atoms with van der Waals surface area (Å²) in [5.74, 6) is 0. The number of fused-ring (bicyclic) bond motifs is 10. The van der Waals surface area contributed by atoms with Gasteiger partial charge in [-0.15, -0.1) is 0 Å². The van der Waals surface area contributed by atoms with Crippen molar-refractivity contribution < 1.29 is 8.83 Å². The molecule has 2 heteroatoms. The molecule has 2 aromatic heterocycles. The van der Waals surface area contributed by atoms with Crippen LogP contribution in [-0.4, -0.2) is 0 Å². The van der Waals surface area contributed by atoms with Crippen LogP contribution >= 0.6 is 0 Å². The standard InChI is InChI=1S/C64H38O2/c1-2-16-39(17-3-1)62-46-26-12-24-44(52-34-40-18-4-6-20-42(40)36-54(52)48-28-14-32-60-63(48)50-22-8-10-30-58(50)65-60)56(46)38-57-45(25-13-27-47(57)62)53-35-41-19-5-7-21-43(41)37-55(53)49-29-15-33-61-64(49)51-23-9-11-31-59(51)66-61/h1-38H. The number of furan rings is 2. The van der Waals surface area contributed by atoms with Gasteiger partial charge in [-0.3, -0.25) is 0 Å². The van der Waals surface area contributed by atoms with E-state index in [4.69, 9.17) is 8.83 Å². The van der Waals surface area contributed by atoms with Gasteiger partial charge in [0.05, 0.1) is 0 Å². The molecule has 14 aromatic rings. The number of benzene rings is 12. The molecule has 14 rings (SSSR count). The molecule has 2 nitrogen and oxygen atoms in total. The highest BCUT2D eigenvalue weighted by Crippen LogP contribution is 2.49. The van der Waals surface area contributed by atoms with Crippen molar-refractivity contribution in [3.63, 3.8) is 0 Å². The molecular formula is C64H38O2. The van der Waals surface area contributed by atoms with Gasteiger partial charge in [0.15, 0.2) is 0 Å². The second-order valence-electron chi connectivity index (χ2n) is 17.5. The van der Waals surface area contributed by atoms with Crippen molar-refractivity contribution in [1.29, 1.82) is 0 Å². The minimum absolute atomic E-state index is 0.887. The van der Waals surface area contributed by atoms with E-state index in [1.54, 1.807) is 0 Å². The van der Waals surface area contributed by atoms with Gasteiger partial charge < -0.3 is 8.83 Å². The van der Waals surface area contributed by atoms with E-state index in [0.29, 0.717) is 0 Å². The third-order valence-corrected chi connectivity index (χ3v) is 13.8. The monoisotopic (exact) mass is 838 g/mol. The van der Waals surface area contributed by atoms with Gasteiger partial charge in [0.2, 0.25) is 0 Å². The molecule has 0 saturated heterocycles. The molecule has 0 fully saturated rings. The highest BCUT2D eigenvalue weighted by Gasteiger charge is 2.23. The predicted octanol–water partition coefficient (Wildman–Crippen LogP) is 18.4. The second-order valence-corrected chi connectivity index (χ2v) is 17.5. The van der Waals surface area contributed by atoms with Gasteiger partial charge >= 0.3 is 0 Å². The lowest BCUT2D eigenvalue weighted by molar-refractivity contribution is 0.668. The Labute approximate surface area is 380 Å². The molecular weight excluding hydrogens is 801 g/mol. The molecule has 0 unspecified atom stereocenters. The third-order valence-electron chi connectivity index (χ3n) is 13.8. The van der Waals surface area contributed by atoms with Gasteiger partial charge in [-0.2, -0.15) is 0 Å². The average molecular weight is 839 g/mol. The van der Waals surface area contributed by atoms with E-state index in [1.807, 2.05) is 12.1 Å². The molecule has 0 radical (unpaired) electrons. The Balaban J connectivity index is 1.11. The van der Waals surface area contributed by atoms with Crippen molar-refractivity contribution in [2.45, 2.75) is 0 Å². The minimum Gasteiger partial charge on any atom is -0.456 e. The molecule has 0 aliphatic rings. The first-order valence-corrected chi connectivity index (χ1v) is 22.6. The Morgan fingerprint density at radius 1 is 0.212 bits per heavy atom. The average Bonchev–Trinajstić information content (AvgIpc) is 3.96. The van der Waals surface area contributed by atoms with E-state index in [2.05, 4.69) is 218 Å². The maximum absolute atomic E-state index is 6.49. The molecule has 12 aromatic carbocycles. The second kappa shape index (κ2) is 14.4. The predicted molar refractivity (Wildman–Crippen MR) is 278 cm³/mol. The highest BCUT2D eigenvalue weighted by atomic mass is 16.3. The molecule has 0 bridgehead atoms. The Morgan fingerprint density at radius 2 is 0.561 bits per heavy atom. The van der Waals surface area contributed by atoms with Gasteiger partial charge in [-0.1, -0.05) is 176 Å². The Kier molecular flexibility index (Phi) is 8.02. The van der Waals surface area contributed by atoms with Crippen molar-refractivity contribution in [3.05, 3.63) is 231 Å². The molecule has 0 N–H and O–H groups in total. The zero-order chi connectivity index (χ0) is 43.3. The van der Waals surface area contributed by atoms with E-state index >= 15 is 0 Å². The van der Waals surface area contributed by atoms with Gasteiger partial charge in [0.1, 0.15) is 22.3 Å². The molecule has 2 heterocycles. The summed E-state index contributed by atoms with van der Waals surface area (Å²) in [7, 11) is 0. The number of hydrogen-bond acceptors (Lipinski definition) is 2. The van der Waals surface area contributed by atoms with E-state index in [9.17, 15) is 0 Å². The van der Waals surface area contributed by atoms with Crippen LogP contribution in [0, 0.1) is 0 Å². The summed E-state index contributed by atoms with van der Waals surface area (Å²) in [5, 5.41) is 14.1. The summed E-state index contributed by atoms with van der Waals surface area (Å²) < 4.78 is 13.0. The van der Waals surface area contributed by atoms with Crippen LogP contribution in [-0.2, 0) is 0 Å². The van der Waals surface area contributed by atoms with Crippen molar-refractivity contribution in [3.8, 4) is 55.6 Å². The summed E-state index contributed by atoms with van der Waals surface area (Å²) in [6.45, 7) is 0. The molecule has 306 valence electrons. The highest BCUT2D eigenvalue weighted by molar-refractivity contribution is 6.23. The maximum Gasteiger partial charge on any atom is 0.136 e. The first kappa shape index (κ1) is 36.7. The summed E-state index contributed by atoms with van der Waals surface area (Å²) >= 11 is 0. The number of rotatable bonds is 5. The van der Waals surface area contributed by atoms with E-state index in [1.165, 1.54) is 87.6 Å². The van der Waals surface area contributed by atoms with E-state index in [0.717, 1.165) is 55.0 Å². The normalized spacial score (nSPS) is 11.9. The van der Waals surface area contributed by atoms with Crippen LogP contribution < -0.4 is 0 Å². The first-order valence-electron chi connectivity index (χ1n) is 22.6. The fraction of sp³-hybridized carbons (Fsp3) is 0. The van der Waals surface area contributed by atoms with E-state index < -0.39 is 0 Å². The first-order chi connectivity index (χ1) is 32.7. The fourth-order valence-electron chi connectivity index (χ4n) is 10.9. The lowest BCUT2D eigenvalue weighted by Gasteiger charge is -2.20. The van der Waals surface area contributed by atoms with Crippen molar-refractivity contribution in [1.82, 2.24) is 0 Å². The van der Waals surface area contributed by atoms with Gasteiger partial charge in [-0.25, -0.2) is 0 Å². The molecule has 0 atom stereocenters. The van der Waals surface area contributed by atoms with Crippen LogP contribution in [0.2, 0.25) is 0 Å². The fourth-order valence-corrected chi connectivity index (χ4v) is 10.9. The van der Waals surface area contributed by atoms with Gasteiger partial charge in [0, 0.05) is 21.5 Å². The summed E-state index contributed by atoms with van der Waals surface area (Å²) in [4.78, 5) is 0. The lowest BCUT2D eigenvalue weighted by atomic mass is 9.83. The Morgan fingerprint density at radius 3 is 1.03 bits per heavy atom. The van der Waals surface area contributed by atoms with Gasteiger partial charge in [0.25, 0.3) is 0 Å². The molecule has 0 aliphatic carbocycles. The third kappa shape index (κ3) is 5.55. The van der Waals surface area contributed by atoms with Crippen LogP contribution in [0.3, 0.4) is 0 Å². The smallest absolute Gasteiger partial charge is 0.136 e. The topological polar surface area (TPSA) is 26.3 Å². The van der Waals surface area contributed by atoms with Crippen molar-refractivity contribution in [2.24, 2.45) is 0 Å². The van der Waals surface area contributed by atoms with Crippen molar-refractivity contribution >= 4 is 87.0 Å². The van der Waals surface area contributed by atoms with Crippen LogP contribution in [0.1, 0.15) is 0 Å². The van der Waals surface area contributed by atoms with Crippen LogP contribution in [0.4, 0.5) is 0 Å². The molecule has 0 amide bonds. The Hall–Kier alpha value is -8.72. The lowest BCUT2D eigenvalue weighted by Crippen LogP contribution is -1.93. The molecule has 0 saturated carbocycles. The largest absolute Gasteiger partial charge is 0.456 e. The van der Waals surface area contributed by atoms with E-state index in [-0.39, 0.29) is 0 Å². The van der Waals surface area contributed by atoms with Gasteiger partial charge in [-0.05, 0) is 153 Å². The summed E-state index contributed by atoms with van der Waals surface area (Å²) in [6, 6.07) is 83.9. The number of para-hydroxylation sites is 2. The van der Waals surface area contributed by atoms with Crippen LogP contribution in [0.25, 0.3) is 143 Å². The molecule has 0 spiro atoms.